The van der Waals surface area contributed by atoms with Crippen LogP contribution in [0.25, 0.3) is 0 Å². The summed E-state index contributed by atoms with van der Waals surface area (Å²) in [5.41, 5.74) is 8.07. The molecule has 2 N–H and O–H groups in total. The zero-order valence-electron chi connectivity index (χ0n) is 16.8. The quantitative estimate of drug-likeness (QED) is 0.829. The summed E-state index contributed by atoms with van der Waals surface area (Å²) in [4.78, 5) is 2.08. The highest BCUT2D eigenvalue weighted by atomic mass is 19.1. The molecule has 30 heavy (non-hydrogen) atoms. The van der Waals surface area contributed by atoms with E-state index in [1.165, 1.54) is 12.1 Å². The van der Waals surface area contributed by atoms with Gasteiger partial charge in [0.25, 0.3) is 0 Å². The van der Waals surface area contributed by atoms with E-state index in [2.05, 4.69) is 15.1 Å². The van der Waals surface area contributed by atoms with Crippen LogP contribution in [0, 0.1) is 24.1 Å². The molecule has 2 aliphatic rings. The van der Waals surface area contributed by atoms with E-state index in [1.54, 1.807) is 18.2 Å². The Bertz CT molecular complexity index is 922. The van der Waals surface area contributed by atoms with Gasteiger partial charge in [-0.3, -0.25) is 4.90 Å². The number of ether oxygens (including phenoxy) is 1. The number of rotatable bonds is 4. The first-order valence-electron chi connectivity index (χ1n) is 10.2. The zero-order valence-corrected chi connectivity index (χ0v) is 16.8. The van der Waals surface area contributed by atoms with Crippen LogP contribution in [0.1, 0.15) is 42.0 Å². The number of likely N-dealkylation sites (tertiary alicyclic amines) is 1. The minimum Gasteiger partial charge on any atom is -0.471 e. The van der Waals surface area contributed by atoms with Crippen molar-refractivity contribution in [3.05, 3.63) is 53.0 Å². The number of nitrogens with two attached hydrogens (primary N) is 1. The van der Waals surface area contributed by atoms with Crippen molar-refractivity contribution in [3.63, 3.8) is 0 Å². The molecule has 1 aliphatic carbocycles. The molecule has 5 unspecified atom stereocenters. The molecule has 1 aliphatic heterocycles. The summed E-state index contributed by atoms with van der Waals surface area (Å²) in [7, 11) is 0. The van der Waals surface area contributed by atoms with Gasteiger partial charge in [0.1, 0.15) is 24.2 Å². The van der Waals surface area contributed by atoms with E-state index in [9.17, 15) is 8.78 Å². The second kappa shape index (κ2) is 8.62. The lowest BCUT2D eigenvalue weighted by Gasteiger charge is -2.39. The predicted octanol–water partition coefficient (Wildman–Crippen LogP) is 2.86. The lowest BCUT2D eigenvalue weighted by atomic mass is 9.96. The van der Waals surface area contributed by atoms with Gasteiger partial charge in [0, 0.05) is 30.7 Å². The van der Waals surface area contributed by atoms with Crippen LogP contribution in [-0.4, -0.2) is 52.5 Å². The zero-order chi connectivity index (χ0) is 21.3. The number of halogens is 2. The minimum atomic E-state index is -0.962. The van der Waals surface area contributed by atoms with Gasteiger partial charge in [0.15, 0.2) is 5.69 Å². The molecular formula is C22H25F2N5O. The largest absolute Gasteiger partial charge is 0.471 e. The maximum Gasteiger partial charge on any atom is 0.236 e. The first-order valence-corrected chi connectivity index (χ1v) is 10.2. The van der Waals surface area contributed by atoms with E-state index in [1.807, 2.05) is 13.0 Å². The van der Waals surface area contributed by atoms with Crippen molar-refractivity contribution in [2.45, 2.75) is 56.5 Å². The van der Waals surface area contributed by atoms with Crippen molar-refractivity contribution in [1.29, 1.82) is 5.26 Å². The Morgan fingerprint density at radius 1 is 1.17 bits per heavy atom. The molecule has 0 radical (unpaired) electrons. The van der Waals surface area contributed by atoms with E-state index in [4.69, 9.17) is 15.7 Å². The molecule has 4 rings (SSSR count). The summed E-state index contributed by atoms with van der Waals surface area (Å²) in [5, 5.41) is 17.0. The molecule has 0 bridgehead atoms. The average Bonchev–Trinajstić information content (AvgIpc) is 3.13. The van der Waals surface area contributed by atoms with Crippen LogP contribution in [-0.2, 0) is 0 Å². The SMILES string of the molecule is Cc1cc(C#N)nnc1OC1CC(c2ccc(F)cc2)CC1N1CC(N)CC(F)C1. The van der Waals surface area contributed by atoms with E-state index < -0.39 is 6.17 Å². The maximum atomic E-state index is 14.2. The van der Waals surface area contributed by atoms with E-state index in [0.29, 0.717) is 31.8 Å². The molecule has 1 aromatic carbocycles. The molecule has 2 aromatic rings. The molecule has 2 heterocycles. The maximum absolute atomic E-state index is 14.2. The number of aryl methyl sites for hydroxylation is 1. The standard InChI is InChI=1S/C22H25F2N5O/c1-13-6-19(10-25)27-28-22(13)30-21-8-15(14-2-4-16(23)5-3-14)7-20(21)29-11-17(24)9-18(26)12-29/h2-6,15,17-18,20-21H,7-9,11-12,26H2,1H3. The van der Waals surface area contributed by atoms with Gasteiger partial charge in [-0.05, 0) is 55.9 Å². The third-order valence-corrected chi connectivity index (χ3v) is 6.06. The van der Waals surface area contributed by atoms with Crippen LogP contribution in [0.15, 0.2) is 30.3 Å². The lowest BCUT2D eigenvalue weighted by molar-refractivity contribution is 0.0362. The molecule has 5 atom stereocenters. The molecule has 6 nitrogen and oxygen atoms in total. The Hall–Kier alpha value is -2.63. The van der Waals surface area contributed by atoms with Crippen LogP contribution in [0.4, 0.5) is 8.78 Å². The normalized spacial score (nSPS) is 29.5. The van der Waals surface area contributed by atoms with Gasteiger partial charge in [-0.25, -0.2) is 8.78 Å². The lowest BCUT2D eigenvalue weighted by Crippen LogP contribution is -2.54. The van der Waals surface area contributed by atoms with Crippen molar-refractivity contribution >= 4 is 0 Å². The van der Waals surface area contributed by atoms with Gasteiger partial charge in [0.05, 0.1) is 0 Å². The summed E-state index contributed by atoms with van der Waals surface area (Å²) in [5.74, 6) is 0.261. The third kappa shape index (κ3) is 4.42. The summed E-state index contributed by atoms with van der Waals surface area (Å²) in [6.45, 7) is 2.76. The van der Waals surface area contributed by atoms with E-state index in [-0.39, 0.29) is 35.6 Å². The van der Waals surface area contributed by atoms with Gasteiger partial charge in [0.2, 0.25) is 5.88 Å². The fraction of sp³-hybridized carbons (Fsp3) is 0.500. The molecule has 158 valence electrons. The Morgan fingerprint density at radius 2 is 1.93 bits per heavy atom. The van der Waals surface area contributed by atoms with E-state index in [0.717, 1.165) is 17.5 Å². The van der Waals surface area contributed by atoms with Crippen molar-refractivity contribution in [2.75, 3.05) is 13.1 Å². The number of hydrogen-bond acceptors (Lipinski definition) is 6. The number of piperidine rings is 1. The molecule has 8 heteroatoms. The number of nitriles is 1. The fourth-order valence-electron chi connectivity index (χ4n) is 4.66. The molecule has 2 fully saturated rings. The first-order chi connectivity index (χ1) is 14.4. The third-order valence-electron chi connectivity index (χ3n) is 6.06. The van der Waals surface area contributed by atoms with E-state index >= 15 is 0 Å². The number of hydrogen-bond donors (Lipinski definition) is 1. The monoisotopic (exact) mass is 413 g/mol. The Kier molecular flexibility index (Phi) is 5.93. The molecule has 0 spiro atoms. The van der Waals surface area contributed by atoms with Crippen LogP contribution < -0.4 is 10.5 Å². The topological polar surface area (TPSA) is 88.1 Å². The van der Waals surface area contributed by atoms with Crippen LogP contribution in [0.2, 0.25) is 0 Å². The number of nitrogens with zero attached hydrogens (tertiary/aromatic N) is 4. The molecular weight excluding hydrogens is 388 g/mol. The minimum absolute atomic E-state index is 0.0403. The fourth-order valence-corrected chi connectivity index (χ4v) is 4.66. The number of benzene rings is 1. The molecule has 1 saturated heterocycles. The highest BCUT2D eigenvalue weighted by Gasteiger charge is 2.42. The van der Waals surface area contributed by atoms with Gasteiger partial charge in [-0.2, -0.15) is 5.26 Å². The Labute approximate surface area is 174 Å². The summed E-state index contributed by atoms with van der Waals surface area (Å²) >= 11 is 0. The predicted molar refractivity (Wildman–Crippen MR) is 107 cm³/mol. The molecule has 1 saturated carbocycles. The van der Waals surface area contributed by atoms with Crippen LogP contribution >= 0.6 is 0 Å². The highest BCUT2D eigenvalue weighted by molar-refractivity contribution is 5.31. The van der Waals surface area contributed by atoms with Gasteiger partial charge in [-0.1, -0.05) is 12.1 Å². The van der Waals surface area contributed by atoms with Gasteiger partial charge in [-0.15, -0.1) is 10.2 Å². The first kappa shape index (κ1) is 20.6. The van der Waals surface area contributed by atoms with Crippen LogP contribution in [0.3, 0.4) is 0 Å². The Balaban J connectivity index is 1.59. The summed E-state index contributed by atoms with van der Waals surface area (Å²) in [6, 6.07) is 9.87. The van der Waals surface area contributed by atoms with Gasteiger partial charge < -0.3 is 10.5 Å². The molecule has 1 aromatic heterocycles. The van der Waals surface area contributed by atoms with Crippen molar-refractivity contribution in [2.24, 2.45) is 5.73 Å². The average molecular weight is 413 g/mol. The van der Waals surface area contributed by atoms with Gasteiger partial charge >= 0.3 is 0 Å². The number of alkyl halides is 1. The van der Waals surface area contributed by atoms with Crippen molar-refractivity contribution < 1.29 is 13.5 Å². The van der Waals surface area contributed by atoms with Crippen molar-refractivity contribution in [3.8, 4) is 11.9 Å². The number of aromatic nitrogens is 2. The highest BCUT2D eigenvalue weighted by Crippen LogP contribution is 2.40. The molecule has 0 amide bonds. The second-order valence-corrected chi connectivity index (χ2v) is 8.32. The van der Waals surface area contributed by atoms with Crippen molar-refractivity contribution in [1.82, 2.24) is 15.1 Å². The Morgan fingerprint density at radius 3 is 2.60 bits per heavy atom. The second-order valence-electron chi connectivity index (χ2n) is 8.32. The summed E-state index contributed by atoms with van der Waals surface area (Å²) in [6.07, 6.45) is 0.629. The summed E-state index contributed by atoms with van der Waals surface area (Å²) < 4.78 is 33.9. The smallest absolute Gasteiger partial charge is 0.236 e. The van der Waals surface area contributed by atoms with Crippen LogP contribution in [0.5, 0.6) is 5.88 Å².